The Labute approximate surface area is 150 Å². The van der Waals surface area contributed by atoms with Crippen molar-refractivity contribution in [2.24, 2.45) is 0 Å². The van der Waals surface area contributed by atoms with Gasteiger partial charge < -0.3 is 14.6 Å². The number of hydrogen-bond donors (Lipinski definition) is 1. The molecule has 1 aromatic carbocycles. The highest BCUT2D eigenvalue weighted by atomic mass is 16.5. The van der Waals surface area contributed by atoms with Crippen molar-refractivity contribution in [3.8, 4) is 23.0 Å². The first-order valence-corrected chi connectivity index (χ1v) is 8.49. The highest BCUT2D eigenvalue weighted by Gasteiger charge is 2.27. The van der Waals surface area contributed by atoms with E-state index in [1.807, 2.05) is 31.2 Å². The second-order valence-corrected chi connectivity index (χ2v) is 6.29. The molecule has 1 unspecified atom stereocenters. The lowest BCUT2D eigenvalue weighted by molar-refractivity contribution is 0.190. The van der Waals surface area contributed by atoms with Crippen molar-refractivity contribution >= 4 is 0 Å². The van der Waals surface area contributed by atoms with Crippen LogP contribution in [0.5, 0.6) is 5.75 Å². The van der Waals surface area contributed by atoms with Crippen LogP contribution < -0.4 is 10.1 Å². The van der Waals surface area contributed by atoms with E-state index in [2.05, 4.69) is 37.7 Å². The Balaban J connectivity index is 1.62. The number of ether oxygens (including phenoxy) is 1. The van der Waals surface area contributed by atoms with Gasteiger partial charge in [0.25, 0.3) is 5.89 Å². The summed E-state index contributed by atoms with van der Waals surface area (Å²) in [5, 5.41) is 16.0. The number of benzene rings is 1. The number of hydrogen-bond acceptors (Lipinski definition) is 8. The minimum atomic E-state index is 0.0955. The monoisotopic (exact) mass is 355 g/mol. The SMILES string of the molecule is COc1ccc(-n2nnc(-c3nc(C4CNCCN4C)no3)c2C)cc1. The minimum absolute atomic E-state index is 0.0955. The van der Waals surface area contributed by atoms with Gasteiger partial charge in [-0.1, -0.05) is 10.4 Å². The van der Waals surface area contributed by atoms with Crippen LogP contribution in [0.15, 0.2) is 28.8 Å². The van der Waals surface area contributed by atoms with E-state index >= 15 is 0 Å². The summed E-state index contributed by atoms with van der Waals surface area (Å²) in [6.45, 7) is 4.64. The molecule has 1 fully saturated rings. The van der Waals surface area contributed by atoms with E-state index in [1.54, 1.807) is 11.8 Å². The molecule has 0 radical (unpaired) electrons. The predicted molar refractivity (Wildman–Crippen MR) is 94.2 cm³/mol. The first kappa shape index (κ1) is 16.7. The molecule has 3 aromatic rings. The molecule has 1 N–H and O–H groups in total. The van der Waals surface area contributed by atoms with Crippen LogP contribution in [0.4, 0.5) is 0 Å². The molecule has 4 rings (SSSR count). The van der Waals surface area contributed by atoms with Crippen molar-refractivity contribution in [3.05, 3.63) is 35.8 Å². The maximum atomic E-state index is 5.47. The predicted octanol–water partition coefficient (Wildman–Crippen LogP) is 1.21. The molecule has 9 nitrogen and oxygen atoms in total. The molecule has 0 spiro atoms. The second kappa shape index (κ2) is 6.85. The van der Waals surface area contributed by atoms with Gasteiger partial charge in [-0.3, -0.25) is 4.90 Å². The van der Waals surface area contributed by atoms with E-state index in [9.17, 15) is 0 Å². The quantitative estimate of drug-likeness (QED) is 0.746. The molecule has 0 aliphatic carbocycles. The van der Waals surface area contributed by atoms with Gasteiger partial charge in [-0.05, 0) is 38.2 Å². The Kier molecular flexibility index (Phi) is 4.39. The summed E-state index contributed by atoms with van der Waals surface area (Å²) in [5.74, 6) is 1.84. The van der Waals surface area contributed by atoms with Crippen molar-refractivity contribution in [1.82, 2.24) is 35.4 Å². The smallest absolute Gasteiger partial charge is 0.280 e. The molecule has 3 heterocycles. The van der Waals surface area contributed by atoms with Crippen LogP contribution >= 0.6 is 0 Å². The van der Waals surface area contributed by atoms with E-state index in [0.717, 1.165) is 36.8 Å². The van der Waals surface area contributed by atoms with Crippen molar-refractivity contribution < 1.29 is 9.26 Å². The Bertz CT molecular complexity index is 887. The summed E-state index contributed by atoms with van der Waals surface area (Å²) in [4.78, 5) is 6.77. The van der Waals surface area contributed by atoms with Gasteiger partial charge in [0.05, 0.1) is 24.5 Å². The number of piperazine rings is 1. The molecule has 1 saturated heterocycles. The topological polar surface area (TPSA) is 94.1 Å². The highest BCUT2D eigenvalue weighted by molar-refractivity contribution is 5.51. The van der Waals surface area contributed by atoms with Crippen molar-refractivity contribution in [2.75, 3.05) is 33.8 Å². The number of likely N-dealkylation sites (N-methyl/N-ethyl adjacent to an activating group) is 1. The summed E-state index contributed by atoms with van der Waals surface area (Å²) >= 11 is 0. The first-order valence-electron chi connectivity index (χ1n) is 8.49. The lowest BCUT2D eigenvalue weighted by Gasteiger charge is -2.30. The molecule has 9 heteroatoms. The zero-order valence-electron chi connectivity index (χ0n) is 15.0. The van der Waals surface area contributed by atoms with E-state index in [0.29, 0.717) is 17.4 Å². The summed E-state index contributed by atoms with van der Waals surface area (Å²) < 4.78 is 12.4. The van der Waals surface area contributed by atoms with Gasteiger partial charge >= 0.3 is 0 Å². The van der Waals surface area contributed by atoms with Gasteiger partial charge in [-0.15, -0.1) is 5.10 Å². The van der Waals surface area contributed by atoms with Gasteiger partial charge in [0.15, 0.2) is 11.5 Å². The van der Waals surface area contributed by atoms with Gasteiger partial charge in [0.1, 0.15) is 5.75 Å². The highest BCUT2D eigenvalue weighted by Crippen LogP contribution is 2.25. The van der Waals surface area contributed by atoms with Crippen LogP contribution in [0, 0.1) is 6.92 Å². The van der Waals surface area contributed by atoms with Crippen LogP contribution in [0.2, 0.25) is 0 Å². The van der Waals surface area contributed by atoms with Crippen molar-refractivity contribution in [2.45, 2.75) is 13.0 Å². The Morgan fingerprint density at radius 1 is 1.27 bits per heavy atom. The molecule has 0 bridgehead atoms. The number of rotatable bonds is 4. The third kappa shape index (κ3) is 2.95. The van der Waals surface area contributed by atoms with Crippen LogP contribution in [0.25, 0.3) is 17.3 Å². The lowest BCUT2D eigenvalue weighted by atomic mass is 10.2. The Morgan fingerprint density at radius 2 is 2.08 bits per heavy atom. The van der Waals surface area contributed by atoms with Crippen molar-refractivity contribution in [1.29, 1.82) is 0 Å². The molecular formula is C17H21N7O2. The maximum Gasteiger partial charge on any atom is 0.280 e. The number of methoxy groups -OCH3 is 1. The van der Waals surface area contributed by atoms with Gasteiger partial charge in [-0.25, -0.2) is 4.68 Å². The van der Waals surface area contributed by atoms with Gasteiger partial charge in [-0.2, -0.15) is 4.98 Å². The van der Waals surface area contributed by atoms with Gasteiger partial charge in [0.2, 0.25) is 0 Å². The third-order valence-electron chi connectivity index (χ3n) is 4.66. The molecule has 2 aromatic heterocycles. The molecule has 0 saturated carbocycles. The number of nitrogens with zero attached hydrogens (tertiary/aromatic N) is 6. The van der Waals surface area contributed by atoms with Gasteiger partial charge in [0, 0.05) is 19.6 Å². The Morgan fingerprint density at radius 3 is 2.81 bits per heavy atom. The second-order valence-electron chi connectivity index (χ2n) is 6.29. The number of nitrogens with one attached hydrogen (secondary N) is 1. The van der Waals surface area contributed by atoms with Crippen LogP contribution in [0.3, 0.4) is 0 Å². The maximum absolute atomic E-state index is 5.47. The summed E-state index contributed by atoms with van der Waals surface area (Å²) in [7, 11) is 3.70. The molecule has 26 heavy (non-hydrogen) atoms. The fourth-order valence-corrected chi connectivity index (χ4v) is 3.06. The molecular weight excluding hydrogens is 334 g/mol. The van der Waals surface area contributed by atoms with Crippen LogP contribution in [-0.2, 0) is 0 Å². The average Bonchev–Trinajstić information content (AvgIpc) is 3.29. The molecule has 136 valence electrons. The Hall–Kier alpha value is -2.78. The van der Waals surface area contributed by atoms with Crippen LogP contribution in [0.1, 0.15) is 17.6 Å². The molecule has 1 atom stereocenters. The largest absolute Gasteiger partial charge is 0.497 e. The zero-order chi connectivity index (χ0) is 18.1. The summed E-state index contributed by atoms with van der Waals surface area (Å²) in [6, 6.07) is 7.70. The van der Waals surface area contributed by atoms with E-state index in [-0.39, 0.29) is 6.04 Å². The summed E-state index contributed by atoms with van der Waals surface area (Å²) in [5.41, 5.74) is 2.31. The standard InChI is InChI=1S/C17H21N7O2/c1-11-15(20-22-24(11)12-4-6-13(25-3)7-5-12)17-19-16(21-26-17)14-10-18-8-9-23(14)2/h4-7,14,18H,8-10H2,1-3H3. The van der Waals surface area contributed by atoms with Crippen LogP contribution in [-0.4, -0.2) is 63.8 Å². The number of aromatic nitrogens is 5. The average molecular weight is 355 g/mol. The van der Waals surface area contributed by atoms with E-state index in [4.69, 9.17) is 9.26 Å². The lowest BCUT2D eigenvalue weighted by Crippen LogP contribution is -2.44. The third-order valence-corrected chi connectivity index (χ3v) is 4.66. The first-order chi connectivity index (χ1) is 12.7. The van der Waals surface area contributed by atoms with E-state index in [1.165, 1.54) is 0 Å². The van der Waals surface area contributed by atoms with Crippen molar-refractivity contribution in [3.63, 3.8) is 0 Å². The fourth-order valence-electron chi connectivity index (χ4n) is 3.06. The normalized spacial score (nSPS) is 18.2. The molecule has 1 aliphatic rings. The fraction of sp³-hybridized carbons (Fsp3) is 0.412. The molecule has 0 amide bonds. The minimum Gasteiger partial charge on any atom is -0.497 e. The molecule has 1 aliphatic heterocycles. The van der Waals surface area contributed by atoms with E-state index < -0.39 is 0 Å². The summed E-state index contributed by atoms with van der Waals surface area (Å²) in [6.07, 6.45) is 0. The zero-order valence-corrected chi connectivity index (χ0v) is 15.0.